The molecule has 0 aromatic heterocycles. The Morgan fingerprint density at radius 2 is 1.83 bits per heavy atom. The maximum atomic E-state index is 12.0. The van der Waals surface area contributed by atoms with Gasteiger partial charge in [0.15, 0.2) is 6.29 Å². The van der Waals surface area contributed by atoms with Crippen LogP contribution in [0, 0.1) is 11.8 Å². The van der Waals surface area contributed by atoms with Crippen LogP contribution < -0.4 is 4.74 Å². The molecule has 2 aliphatic heterocycles. The van der Waals surface area contributed by atoms with Gasteiger partial charge in [-0.2, -0.15) is 0 Å². The number of para-hydroxylation sites is 1. The van der Waals surface area contributed by atoms with Gasteiger partial charge < -0.3 is 29.2 Å². The van der Waals surface area contributed by atoms with Gasteiger partial charge in [-0.3, -0.25) is 9.69 Å². The van der Waals surface area contributed by atoms with Crippen molar-refractivity contribution < 1.29 is 38.7 Å². The lowest BCUT2D eigenvalue weighted by Crippen LogP contribution is -2.42. The first-order chi connectivity index (χ1) is 14.5. The first kappa shape index (κ1) is 22.5. The van der Waals surface area contributed by atoms with E-state index in [-0.39, 0.29) is 18.9 Å². The molecule has 2 heterocycles. The lowest BCUT2D eigenvalue weighted by atomic mass is 9.78. The number of aliphatic hydroxyl groups is 1. The maximum Gasteiger partial charge on any atom is 0.341 e. The van der Waals surface area contributed by atoms with E-state index in [2.05, 4.69) is 4.90 Å². The highest BCUT2D eigenvalue weighted by Crippen LogP contribution is 2.38. The minimum Gasteiger partial charge on any atom is -0.487 e. The summed E-state index contributed by atoms with van der Waals surface area (Å²) >= 11 is 0. The van der Waals surface area contributed by atoms with E-state index in [1.165, 1.54) is 7.11 Å². The van der Waals surface area contributed by atoms with Crippen molar-refractivity contribution in [3.63, 3.8) is 0 Å². The fourth-order valence-electron chi connectivity index (χ4n) is 4.50. The second-order valence-corrected chi connectivity index (χ2v) is 7.70. The van der Waals surface area contributed by atoms with Crippen molar-refractivity contribution in [2.75, 3.05) is 40.0 Å². The number of hydrogen-bond acceptors (Lipinski definition) is 8. The largest absolute Gasteiger partial charge is 0.487 e. The van der Waals surface area contributed by atoms with Gasteiger partial charge in [0.05, 0.1) is 26.4 Å². The number of carboxylic acid groups (broad SMARTS) is 1. The molecule has 1 aromatic rings. The molecule has 2 saturated heterocycles. The number of aliphatic hydroxyl groups excluding tert-OH is 1. The molecule has 1 aliphatic carbocycles. The van der Waals surface area contributed by atoms with E-state index in [0.717, 1.165) is 26.1 Å². The van der Waals surface area contributed by atoms with Crippen molar-refractivity contribution >= 4 is 12.4 Å². The molecule has 9 heteroatoms. The SMILES string of the molecule is COC(=O)c1ccccc1O[C@@H]1C[C@@H]2CN(CC3OCCO3)C[C@@H]2C[C@H]1O.O=CO. The average Bonchev–Trinajstić information content (AvgIpc) is 3.38. The highest BCUT2D eigenvalue weighted by Gasteiger charge is 2.43. The molecule has 0 radical (unpaired) electrons. The summed E-state index contributed by atoms with van der Waals surface area (Å²) in [4.78, 5) is 22.7. The van der Waals surface area contributed by atoms with Crippen LogP contribution in [-0.4, -0.2) is 86.0 Å². The predicted octanol–water partition coefficient (Wildman–Crippen LogP) is 0.997. The Morgan fingerprint density at radius 3 is 2.50 bits per heavy atom. The second kappa shape index (κ2) is 10.7. The summed E-state index contributed by atoms with van der Waals surface area (Å²) in [6.07, 6.45) is 0.476. The minimum atomic E-state index is -0.545. The third-order valence-electron chi connectivity index (χ3n) is 5.83. The van der Waals surface area contributed by atoms with Crippen LogP contribution in [0.1, 0.15) is 23.2 Å². The van der Waals surface area contributed by atoms with E-state index in [1.807, 2.05) is 6.07 Å². The van der Waals surface area contributed by atoms with Crippen LogP contribution >= 0.6 is 0 Å². The van der Waals surface area contributed by atoms with Gasteiger partial charge >= 0.3 is 5.97 Å². The molecule has 0 bridgehead atoms. The van der Waals surface area contributed by atoms with Gasteiger partial charge in [-0.1, -0.05) is 12.1 Å². The van der Waals surface area contributed by atoms with Crippen LogP contribution in [0.4, 0.5) is 0 Å². The van der Waals surface area contributed by atoms with Crippen LogP contribution in [0.15, 0.2) is 24.3 Å². The second-order valence-electron chi connectivity index (χ2n) is 7.70. The Labute approximate surface area is 175 Å². The molecule has 2 N–H and O–H groups in total. The molecule has 166 valence electrons. The number of carbonyl (C=O) groups excluding carboxylic acids is 1. The number of carbonyl (C=O) groups is 2. The molecule has 3 fully saturated rings. The Hall–Kier alpha value is -2.20. The maximum absolute atomic E-state index is 12.0. The number of fused-ring (bicyclic) bond motifs is 1. The number of ether oxygens (including phenoxy) is 4. The van der Waals surface area contributed by atoms with Crippen molar-refractivity contribution in [1.82, 2.24) is 4.90 Å². The van der Waals surface area contributed by atoms with Crippen LogP contribution in [-0.2, 0) is 19.0 Å². The van der Waals surface area contributed by atoms with Crippen LogP contribution in [0.2, 0.25) is 0 Å². The summed E-state index contributed by atoms with van der Waals surface area (Å²) in [5.74, 6) is 0.953. The van der Waals surface area contributed by atoms with Crippen molar-refractivity contribution in [1.29, 1.82) is 0 Å². The monoisotopic (exact) mass is 423 g/mol. The third-order valence-corrected chi connectivity index (χ3v) is 5.83. The topological polar surface area (TPSA) is 115 Å². The molecule has 3 aliphatic rings. The van der Waals surface area contributed by atoms with Gasteiger partial charge in [0, 0.05) is 19.6 Å². The summed E-state index contributed by atoms with van der Waals surface area (Å²) in [5, 5.41) is 17.5. The van der Waals surface area contributed by atoms with Crippen LogP contribution in [0.25, 0.3) is 0 Å². The van der Waals surface area contributed by atoms with Gasteiger partial charge in [0.25, 0.3) is 6.47 Å². The zero-order chi connectivity index (χ0) is 21.5. The van der Waals surface area contributed by atoms with Crippen molar-refractivity contribution in [3.8, 4) is 5.75 Å². The number of nitrogens with zero attached hydrogens (tertiary/aromatic N) is 1. The van der Waals surface area contributed by atoms with E-state index >= 15 is 0 Å². The Morgan fingerprint density at radius 1 is 1.20 bits per heavy atom. The molecular weight excluding hydrogens is 394 g/mol. The van der Waals surface area contributed by atoms with Gasteiger partial charge in [-0.15, -0.1) is 0 Å². The predicted molar refractivity (Wildman–Crippen MR) is 105 cm³/mol. The molecule has 4 atom stereocenters. The summed E-state index contributed by atoms with van der Waals surface area (Å²) in [6, 6.07) is 7.02. The van der Waals surface area contributed by atoms with E-state index in [1.54, 1.807) is 18.2 Å². The number of hydrogen-bond donors (Lipinski definition) is 2. The zero-order valence-electron chi connectivity index (χ0n) is 17.0. The van der Waals surface area contributed by atoms with Gasteiger partial charge in [0.2, 0.25) is 0 Å². The van der Waals surface area contributed by atoms with Gasteiger partial charge in [-0.25, -0.2) is 4.79 Å². The number of esters is 1. The normalized spacial score (nSPS) is 28.9. The highest BCUT2D eigenvalue weighted by atomic mass is 16.7. The van der Waals surface area contributed by atoms with E-state index < -0.39 is 12.1 Å². The minimum absolute atomic E-state index is 0.131. The summed E-state index contributed by atoms with van der Waals surface area (Å²) < 4.78 is 22.0. The standard InChI is InChI=1S/C20H27NO6.CH2O2/c1-24-20(23)15-4-2-3-5-17(15)27-18-9-14-11-21(10-13(14)8-16(18)22)12-19-25-6-7-26-19;2-1-3/h2-5,13-14,16,18-19,22H,6-12H2,1H3;1H,(H,2,3)/t13-,14+,16+,18+;/m0./s1. The first-order valence-electron chi connectivity index (χ1n) is 10.1. The number of likely N-dealkylation sites (tertiary alicyclic amines) is 1. The molecule has 0 unspecified atom stereocenters. The van der Waals surface area contributed by atoms with Crippen molar-refractivity contribution in [2.24, 2.45) is 11.8 Å². The van der Waals surface area contributed by atoms with E-state index in [4.69, 9.17) is 28.8 Å². The van der Waals surface area contributed by atoms with E-state index in [0.29, 0.717) is 42.8 Å². The molecule has 0 spiro atoms. The summed E-state index contributed by atoms with van der Waals surface area (Å²) in [6.45, 7) is 3.77. The third kappa shape index (κ3) is 5.48. The summed E-state index contributed by atoms with van der Waals surface area (Å²) in [7, 11) is 1.35. The number of rotatable bonds is 5. The first-order valence-corrected chi connectivity index (χ1v) is 10.1. The molecule has 1 saturated carbocycles. The van der Waals surface area contributed by atoms with Crippen LogP contribution in [0.3, 0.4) is 0 Å². The number of methoxy groups -OCH3 is 1. The zero-order valence-corrected chi connectivity index (χ0v) is 17.0. The lowest BCUT2D eigenvalue weighted by Gasteiger charge is -2.35. The molecule has 4 rings (SSSR count). The average molecular weight is 423 g/mol. The Kier molecular flexibility index (Phi) is 8.03. The van der Waals surface area contributed by atoms with Crippen LogP contribution in [0.5, 0.6) is 5.75 Å². The number of benzene rings is 1. The fraction of sp³-hybridized carbons (Fsp3) is 0.619. The Balaban J connectivity index is 0.000000806. The highest BCUT2D eigenvalue weighted by molar-refractivity contribution is 5.92. The fourth-order valence-corrected chi connectivity index (χ4v) is 4.50. The molecule has 9 nitrogen and oxygen atoms in total. The van der Waals surface area contributed by atoms with Crippen molar-refractivity contribution in [2.45, 2.75) is 31.3 Å². The van der Waals surface area contributed by atoms with Gasteiger partial charge in [-0.05, 0) is 36.8 Å². The quantitative estimate of drug-likeness (QED) is 0.529. The molecule has 1 aromatic carbocycles. The van der Waals surface area contributed by atoms with Gasteiger partial charge in [0.1, 0.15) is 17.4 Å². The Bertz CT molecular complexity index is 708. The van der Waals surface area contributed by atoms with E-state index in [9.17, 15) is 9.90 Å². The molecule has 0 amide bonds. The molecule has 30 heavy (non-hydrogen) atoms. The molecular formula is C21H29NO8. The summed E-state index contributed by atoms with van der Waals surface area (Å²) in [5.41, 5.74) is 0.387. The van der Waals surface area contributed by atoms with Crippen molar-refractivity contribution in [3.05, 3.63) is 29.8 Å². The lowest BCUT2D eigenvalue weighted by molar-refractivity contribution is -0.122. The smallest absolute Gasteiger partial charge is 0.341 e.